The van der Waals surface area contributed by atoms with E-state index in [-0.39, 0.29) is 11.8 Å². The van der Waals surface area contributed by atoms with E-state index in [1.807, 2.05) is 18.3 Å². The Morgan fingerprint density at radius 2 is 2.13 bits per heavy atom. The number of likely N-dealkylation sites (tertiary alicyclic amines) is 1. The summed E-state index contributed by atoms with van der Waals surface area (Å²) in [4.78, 5) is 17.5. The van der Waals surface area contributed by atoms with Crippen LogP contribution in [-0.2, 0) is 11.2 Å². The number of aliphatic hydroxyl groups is 1. The number of aromatic amines is 1. The van der Waals surface area contributed by atoms with Crippen molar-refractivity contribution in [1.82, 2.24) is 9.88 Å². The van der Waals surface area contributed by atoms with Gasteiger partial charge in [-0.05, 0) is 36.3 Å². The fraction of sp³-hybridized carbons (Fsp3) is 0.526. The van der Waals surface area contributed by atoms with Crippen molar-refractivity contribution in [3.05, 3.63) is 36.0 Å². The molecule has 1 aromatic carbocycles. The summed E-state index contributed by atoms with van der Waals surface area (Å²) in [5.74, 6) is 1.07. The quantitative estimate of drug-likeness (QED) is 0.915. The molecule has 0 bridgehead atoms. The van der Waals surface area contributed by atoms with Crippen LogP contribution in [0.3, 0.4) is 0 Å². The van der Waals surface area contributed by atoms with Gasteiger partial charge < -0.3 is 15.0 Å². The van der Waals surface area contributed by atoms with Crippen LogP contribution in [0.5, 0.6) is 0 Å². The molecule has 0 radical (unpaired) electrons. The number of carbonyl (C=O) groups is 1. The van der Waals surface area contributed by atoms with E-state index >= 15 is 0 Å². The summed E-state index contributed by atoms with van der Waals surface area (Å²) in [6.07, 6.45) is 3.99. The number of benzene rings is 1. The van der Waals surface area contributed by atoms with Crippen molar-refractivity contribution >= 4 is 16.8 Å². The van der Waals surface area contributed by atoms with Crippen LogP contribution in [0.4, 0.5) is 0 Å². The molecular weight excluding hydrogens is 288 g/mol. The van der Waals surface area contributed by atoms with Crippen LogP contribution in [0.15, 0.2) is 30.5 Å². The Hall–Kier alpha value is -1.81. The number of aromatic nitrogens is 1. The molecule has 1 aromatic heterocycles. The third-order valence-corrected chi connectivity index (χ3v) is 6.19. The number of fused-ring (bicyclic) bond motifs is 2. The fourth-order valence-electron chi connectivity index (χ4n) is 4.69. The number of nitrogens with zero attached hydrogens (tertiary/aromatic N) is 1. The van der Waals surface area contributed by atoms with Crippen LogP contribution in [0.1, 0.15) is 32.3 Å². The summed E-state index contributed by atoms with van der Waals surface area (Å²) in [6.45, 7) is 4.94. The molecule has 1 saturated carbocycles. The SMILES string of the molecule is C[C@H]1CC2(O)C(CC(=O)N2CCc2c[nH]c3ccccc23)[C@@H]1C. The molecule has 4 heteroatoms. The predicted molar refractivity (Wildman–Crippen MR) is 89.7 cm³/mol. The van der Waals surface area contributed by atoms with Crippen molar-refractivity contribution in [3.8, 4) is 0 Å². The summed E-state index contributed by atoms with van der Waals surface area (Å²) in [5.41, 5.74) is 1.40. The molecule has 2 aromatic rings. The number of carbonyl (C=O) groups excluding carboxylic acids is 1. The molecule has 23 heavy (non-hydrogen) atoms. The van der Waals surface area contributed by atoms with Crippen LogP contribution < -0.4 is 0 Å². The summed E-state index contributed by atoms with van der Waals surface area (Å²) >= 11 is 0. The topological polar surface area (TPSA) is 56.3 Å². The lowest BCUT2D eigenvalue weighted by molar-refractivity contribution is -0.148. The first-order chi connectivity index (χ1) is 11.0. The molecule has 1 amide bonds. The van der Waals surface area contributed by atoms with E-state index in [0.29, 0.717) is 31.2 Å². The maximum atomic E-state index is 12.4. The lowest BCUT2D eigenvalue weighted by Gasteiger charge is -2.34. The first kappa shape index (κ1) is 14.8. The molecule has 4 nitrogen and oxygen atoms in total. The molecule has 2 N–H and O–H groups in total. The maximum absolute atomic E-state index is 12.4. The van der Waals surface area contributed by atoms with Crippen molar-refractivity contribution in [1.29, 1.82) is 0 Å². The minimum absolute atomic E-state index is 0.0907. The van der Waals surface area contributed by atoms with Gasteiger partial charge in [0, 0.05) is 36.0 Å². The highest BCUT2D eigenvalue weighted by atomic mass is 16.3. The Labute approximate surface area is 136 Å². The molecule has 122 valence electrons. The van der Waals surface area contributed by atoms with Crippen molar-refractivity contribution in [3.63, 3.8) is 0 Å². The minimum Gasteiger partial charge on any atom is -0.370 e. The Balaban J connectivity index is 1.56. The van der Waals surface area contributed by atoms with E-state index in [9.17, 15) is 9.90 Å². The molecule has 4 rings (SSSR count). The molecule has 2 unspecified atom stereocenters. The van der Waals surface area contributed by atoms with Crippen LogP contribution in [0.25, 0.3) is 10.9 Å². The van der Waals surface area contributed by atoms with Gasteiger partial charge in [-0.2, -0.15) is 0 Å². The van der Waals surface area contributed by atoms with Gasteiger partial charge in [0.1, 0.15) is 5.72 Å². The average Bonchev–Trinajstić information content (AvgIpc) is 3.11. The fourth-order valence-corrected chi connectivity index (χ4v) is 4.69. The second kappa shape index (κ2) is 5.10. The van der Waals surface area contributed by atoms with E-state index in [1.165, 1.54) is 10.9 Å². The zero-order valence-electron chi connectivity index (χ0n) is 13.7. The van der Waals surface area contributed by atoms with E-state index in [1.54, 1.807) is 4.90 Å². The van der Waals surface area contributed by atoms with Crippen molar-refractivity contribution < 1.29 is 9.90 Å². The zero-order chi connectivity index (χ0) is 16.2. The molecular formula is C19H24N2O2. The van der Waals surface area contributed by atoms with Gasteiger partial charge in [-0.25, -0.2) is 0 Å². The average molecular weight is 312 g/mol. The van der Waals surface area contributed by atoms with E-state index in [2.05, 4.69) is 31.0 Å². The monoisotopic (exact) mass is 312 g/mol. The van der Waals surface area contributed by atoms with Gasteiger partial charge in [-0.1, -0.05) is 32.0 Å². The zero-order valence-corrected chi connectivity index (χ0v) is 13.7. The lowest BCUT2D eigenvalue weighted by Crippen LogP contribution is -2.48. The highest BCUT2D eigenvalue weighted by Gasteiger charge is 2.59. The molecule has 2 aliphatic rings. The standard InChI is InChI=1S/C19H24N2O2/c1-12-10-19(23)16(13(12)2)9-18(22)21(19)8-7-14-11-20-17-6-4-3-5-15(14)17/h3-6,11-13,16,20,23H,7-10H2,1-2H3/t12-,13+,16?,19?/m0/s1. The van der Waals surface area contributed by atoms with Crippen molar-refractivity contribution in [2.45, 2.75) is 38.8 Å². The predicted octanol–water partition coefficient (Wildman–Crippen LogP) is 2.92. The number of amides is 1. The Kier molecular flexibility index (Phi) is 3.27. The number of hydrogen-bond acceptors (Lipinski definition) is 2. The third kappa shape index (κ3) is 2.12. The van der Waals surface area contributed by atoms with E-state index in [4.69, 9.17) is 0 Å². The molecule has 2 heterocycles. The number of rotatable bonds is 3. The normalized spacial score (nSPS) is 33.6. The molecule has 0 spiro atoms. The first-order valence-corrected chi connectivity index (χ1v) is 8.58. The summed E-state index contributed by atoms with van der Waals surface area (Å²) < 4.78 is 0. The molecule has 1 aliphatic carbocycles. The summed E-state index contributed by atoms with van der Waals surface area (Å²) in [7, 11) is 0. The van der Waals surface area contributed by atoms with Crippen LogP contribution in [0.2, 0.25) is 0 Å². The summed E-state index contributed by atoms with van der Waals surface area (Å²) in [5, 5.41) is 12.3. The van der Waals surface area contributed by atoms with Gasteiger partial charge in [-0.15, -0.1) is 0 Å². The first-order valence-electron chi connectivity index (χ1n) is 8.58. The van der Waals surface area contributed by atoms with Crippen molar-refractivity contribution in [2.75, 3.05) is 6.54 Å². The van der Waals surface area contributed by atoms with Gasteiger partial charge >= 0.3 is 0 Å². The van der Waals surface area contributed by atoms with Gasteiger partial charge in [0.25, 0.3) is 0 Å². The Morgan fingerprint density at radius 3 is 2.96 bits per heavy atom. The molecule has 1 aliphatic heterocycles. The van der Waals surface area contributed by atoms with Crippen LogP contribution >= 0.6 is 0 Å². The second-order valence-electron chi connectivity index (χ2n) is 7.38. The molecule has 1 saturated heterocycles. The highest BCUT2D eigenvalue weighted by molar-refractivity contribution is 5.83. The molecule has 4 atom stereocenters. The van der Waals surface area contributed by atoms with E-state index in [0.717, 1.165) is 11.9 Å². The molecule has 2 fully saturated rings. The maximum Gasteiger partial charge on any atom is 0.225 e. The number of para-hydroxylation sites is 1. The Bertz CT molecular complexity index is 753. The van der Waals surface area contributed by atoms with Crippen molar-refractivity contribution in [2.24, 2.45) is 17.8 Å². The van der Waals surface area contributed by atoms with E-state index < -0.39 is 5.72 Å². The summed E-state index contributed by atoms with van der Waals surface area (Å²) in [6, 6.07) is 8.21. The number of hydrogen-bond donors (Lipinski definition) is 2. The Morgan fingerprint density at radius 1 is 1.35 bits per heavy atom. The third-order valence-electron chi connectivity index (χ3n) is 6.19. The van der Waals surface area contributed by atoms with Crippen LogP contribution in [0, 0.1) is 17.8 Å². The lowest BCUT2D eigenvalue weighted by atomic mass is 9.90. The smallest absolute Gasteiger partial charge is 0.225 e. The number of H-pyrrole nitrogens is 1. The van der Waals surface area contributed by atoms with Crippen LogP contribution in [-0.4, -0.2) is 33.2 Å². The van der Waals surface area contributed by atoms with Gasteiger partial charge in [0.15, 0.2) is 0 Å². The second-order valence-corrected chi connectivity index (χ2v) is 7.38. The number of nitrogens with one attached hydrogen (secondary N) is 1. The minimum atomic E-state index is -0.929. The van der Waals surface area contributed by atoms with Gasteiger partial charge in [0.2, 0.25) is 5.91 Å². The highest BCUT2D eigenvalue weighted by Crippen LogP contribution is 2.51. The van der Waals surface area contributed by atoms with Gasteiger partial charge in [0.05, 0.1) is 0 Å². The van der Waals surface area contributed by atoms with Gasteiger partial charge in [-0.3, -0.25) is 4.79 Å². The largest absolute Gasteiger partial charge is 0.370 e.